The minimum Gasteiger partial charge on any atom is -0.386 e. The van der Waals surface area contributed by atoms with Crippen LogP contribution in [-0.2, 0) is 0 Å². The molecule has 6 nitrogen and oxygen atoms in total. The van der Waals surface area contributed by atoms with Crippen molar-refractivity contribution in [1.29, 1.82) is 0 Å². The van der Waals surface area contributed by atoms with Crippen molar-refractivity contribution < 1.29 is 8.83 Å². The Labute approximate surface area is 128 Å². The van der Waals surface area contributed by atoms with Gasteiger partial charge in [-0.05, 0) is 12.1 Å². The van der Waals surface area contributed by atoms with E-state index in [1.54, 1.807) is 0 Å². The molecule has 0 aliphatic heterocycles. The topological polar surface area (TPSA) is 94.6 Å². The largest absolute Gasteiger partial charge is 0.386 e. The second-order valence-corrected chi connectivity index (χ2v) is 5.48. The summed E-state index contributed by atoms with van der Waals surface area (Å²) in [6, 6.07) is 2.41. The van der Waals surface area contributed by atoms with Gasteiger partial charge in [0, 0.05) is 10.8 Å². The molecule has 0 N–H and O–H groups in total. The lowest BCUT2D eigenvalue weighted by Crippen LogP contribution is -2.04. The van der Waals surface area contributed by atoms with Gasteiger partial charge < -0.3 is 8.83 Å². The molecule has 0 atom stereocenters. The van der Waals surface area contributed by atoms with Crippen molar-refractivity contribution >= 4 is 55.5 Å². The van der Waals surface area contributed by atoms with Gasteiger partial charge in [-0.3, -0.25) is 0 Å². The highest BCUT2D eigenvalue weighted by atomic mass is 35.5. The Morgan fingerprint density at radius 3 is 1.32 bits per heavy atom. The molecule has 0 unspecified atom stereocenters. The summed E-state index contributed by atoms with van der Waals surface area (Å²) >= 11 is 12.0. The first kappa shape index (κ1) is 13.2. The molecule has 22 heavy (non-hydrogen) atoms. The number of rotatable bonds is 0. The Morgan fingerprint density at radius 1 is 0.591 bits per heavy atom. The molecule has 0 spiro atoms. The highest BCUT2D eigenvalue weighted by Gasteiger charge is 2.23. The maximum Gasteiger partial charge on any atom is 0.348 e. The Morgan fingerprint density at radius 2 is 0.955 bits per heavy atom. The molecule has 4 heterocycles. The summed E-state index contributed by atoms with van der Waals surface area (Å²) in [6.07, 6.45) is 0. The molecule has 0 saturated heterocycles. The van der Waals surface area contributed by atoms with Gasteiger partial charge in [0.2, 0.25) is 0 Å². The van der Waals surface area contributed by atoms with Gasteiger partial charge in [-0.15, -0.1) is 0 Å². The zero-order chi connectivity index (χ0) is 15.8. The first-order valence-corrected chi connectivity index (χ1v) is 6.67. The van der Waals surface area contributed by atoms with Crippen LogP contribution in [0, 0.1) is 0 Å². The summed E-state index contributed by atoms with van der Waals surface area (Å²) in [5.74, 6) is 0. The van der Waals surface area contributed by atoms with E-state index in [-0.39, 0.29) is 42.4 Å². The summed E-state index contributed by atoms with van der Waals surface area (Å²) in [5, 5.41) is -0.649. The van der Waals surface area contributed by atoms with Crippen LogP contribution < -0.4 is 22.5 Å². The van der Waals surface area contributed by atoms with Crippen LogP contribution in [-0.4, -0.2) is 0 Å². The summed E-state index contributed by atoms with van der Waals surface area (Å²) in [5.41, 5.74) is -3.96. The van der Waals surface area contributed by atoms with Crippen LogP contribution in [0.15, 0.2) is 40.1 Å². The standard InChI is InChI=1S/C14H2Cl2O6/c15-5-1-3-7-8(9(5)13(19)21-11(3)17)4-2-6(16)10(7)14(20)22-12(4)18/h1-2H. The predicted molar refractivity (Wildman–Crippen MR) is 81.0 cm³/mol. The van der Waals surface area contributed by atoms with Gasteiger partial charge in [-0.1, -0.05) is 23.2 Å². The third-order valence-electron chi connectivity index (χ3n) is 3.53. The fourth-order valence-corrected chi connectivity index (χ4v) is 3.23. The molecular weight excluding hydrogens is 335 g/mol. The van der Waals surface area contributed by atoms with Crippen LogP contribution >= 0.6 is 23.2 Å². The SMILES string of the molecule is O=c1oc(=O)c2c(Cl)cc1c1c3c(Cl)cc(c(=O)oc3=O)c21. The number of benzene rings is 2. The number of hydrogen-bond acceptors (Lipinski definition) is 6. The highest BCUT2D eigenvalue weighted by Crippen LogP contribution is 2.36. The normalized spacial score (nSPS) is 11.9. The average Bonchev–Trinajstić information content (AvgIpc) is 2.71. The Bertz CT molecular complexity index is 1210. The van der Waals surface area contributed by atoms with Crippen molar-refractivity contribution in [3.8, 4) is 0 Å². The molecule has 2 aromatic carbocycles. The van der Waals surface area contributed by atoms with Crippen LogP contribution in [0.4, 0.5) is 0 Å². The average molecular weight is 337 g/mol. The van der Waals surface area contributed by atoms with Crippen molar-refractivity contribution in [1.82, 2.24) is 0 Å². The lowest BCUT2D eigenvalue weighted by Gasteiger charge is -2.03. The molecule has 0 saturated carbocycles. The molecule has 6 rings (SSSR count). The van der Waals surface area contributed by atoms with Gasteiger partial charge in [-0.2, -0.15) is 0 Å². The Kier molecular flexibility index (Phi) is 2.44. The molecule has 6 aromatic rings. The van der Waals surface area contributed by atoms with Crippen LogP contribution in [0.2, 0.25) is 10.0 Å². The van der Waals surface area contributed by atoms with Gasteiger partial charge in [0.1, 0.15) is 0 Å². The monoisotopic (exact) mass is 336 g/mol. The minimum absolute atomic E-state index is 0.0357. The van der Waals surface area contributed by atoms with Gasteiger partial charge >= 0.3 is 22.5 Å². The van der Waals surface area contributed by atoms with Gasteiger partial charge in [0.05, 0.1) is 31.6 Å². The van der Waals surface area contributed by atoms with Crippen molar-refractivity contribution in [2.75, 3.05) is 0 Å². The summed E-state index contributed by atoms with van der Waals surface area (Å²) < 4.78 is 9.29. The quantitative estimate of drug-likeness (QED) is 0.487. The van der Waals surface area contributed by atoms with E-state index in [1.807, 2.05) is 0 Å². The highest BCUT2D eigenvalue weighted by molar-refractivity contribution is 6.43. The molecular formula is C14H2Cl2O6. The summed E-state index contributed by atoms with van der Waals surface area (Å²) in [4.78, 5) is 48.1. The molecule has 0 aliphatic carbocycles. The summed E-state index contributed by atoms with van der Waals surface area (Å²) in [7, 11) is 0. The maximum absolute atomic E-state index is 12.0. The molecule has 4 bridgehead atoms. The van der Waals surface area contributed by atoms with Crippen LogP contribution in [0.1, 0.15) is 0 Å². The Hall–Kier alpha value is -2.44. The van der Waals surface area contributed by atoms with Crippen molar-refractivity contribution in [3.05, 3.63) is 63.9 Å². The van der Waals surface area contributed by atoms with Crippen molar-refractivity contribution in [2.24, 2.45) is 0 Å². The fraction of sp³-hybridized carbons (Fsp3) is 0. The Balaban J connectivity index is 2.75. The lowest BCUT2D eigenvalue weighted by molar-refractivity contribution is 0.491. The van der Waals surface area contributed by atoms with Crippen molar-refractivity contribution in [3.63, 3.8) is 0 Å². The number of hydrogen-bond donors (Lipinski definition) is 0. The fourth-order valence-electron chi connectivity index (χ4n) is 2.67. The first-order chi connectivity index (χ1) is 10.4. The van der Waals surface area contributed by atoms with Gasteiger partial charge in [0.15, 0.2) is 0 Å². The van der Waals surface area contributed by atoms with Crippen LogP contribution in [0.5, 0.6) is 0 Å². The van der Waals surface area contributed by atoms with E-state index in [9.17, 15) is 19.2 Å². The molecule has 0 fully saturated rings. The number of fused-ring (bicyclic) bond motifs is 6. The van der Waals surface area contributed by atoms with Gasteiger partial charge in [0.25, 0.3) is 0 Å². The predicted octanol–water partition coefficient (Wildman–Crippen LogP) is 1.96. The maximum atomic E-state index is 12.0. The lowest BCUT2D eigenvalue weighted by atomic mass is 9.99. The zero-order valence-electron chi connectivity index (χ0n) is 10.4. The second kappa shape index (κ2) is 4.06. The van der Waals surface area contributed by atoms with E-state index in [2.05, 4.69) is 8.83 Å². The summed E-state index contributed by atoms with van der Waals surface area (Å²) in [6.45, 7) is 0. The molecule has 0 amide bonds. The first-order valence-electron chi connectivity index (χ1n) is 5.92. The van der Waals surface area contributed by atoms with E-state index < -0.39 is 22.5 Å². The molecule has 4 aromatic heterocycles. The zero-order valence-corrected chi connectivity index (χ0v) is 11.9. The van der Waals surface area contributed by atoms with E-state index in [4.69, 9.17) is 23.2 Å². The minimum atomic E-state index is -1.00. The van der Waals surface area contributed by atoms with Crippen LogP contribution in [0.25, 0.3) is 32.3 Å². The second-order valence-electron chi connectivity index (χ2n) is 4.67. The van der Waals surface area contributed by atoms with Gasteiger partial charge in [-0.25, -0.2) is 19.2 Å². The third-order valence-corrected chi connectivity index (χ3v) is 4.12. The van der Waals surface area contributed by atoms with E-state index in [0.717, 1.165) is 0 Å². The molecule has 8 heteroatoms. The third kappa shape index (κ3) is 1.45. The van der Waals surface area contributed by atoms with E-state index in [1.165, 1.54) is 12.1 Å². The van der Waals surface area contributed by atoms with E-state index in [0.29, 0.717) is 0 Å². The molecule has 108 valence electrons. The van der Waals surface area contributed by atoms with Crippen LogP contribution in [0.3, 0.4) is 0 Å². The molecule has 0 radical (unpaired) electrons. The smallest absolute Gasteiger partial charge is 0.348 e. The number of halogens is 2. The van der Waals surface area contributed by atoms with Crippen molar-refractivity contribution in [2.45, 2.75) is 0 Å². The molecule has 0 aliphatic rings. The van der Waals surface area contributed by atoms with E-state index >= 15 is 0 Å².